The Balaban J connectivity index is 0.000000249. The van der Waals surface area contributed by atoms with Crippen molar-refractivity contribution >= 4 is 53.5 Å². The molecule has 0 aromatic heterocycles. The van der Waals surface area contributed by atoms with E-state index in [4.69, 9.17) is 19.8 Å². The van der Waals surface area contributed by atoms with Crippen molar-refractivity contribution in [2.24, 2.45) is 0 Å². The maximum Gasteiger partial charge on any atom is 0.490 e. The lowest BCUT2D eigenvalue weighted by Crippen LogP contribution is -2.41. The fourth-order valence-corrected chi connectivity index (χ4v) is 8.96. The van der Waals surface area contributed by atoms with Gasteiger partial charge in [-0.2, -0.15) is 26.3 Å². The molecule has 0 aliphatic carbocycles. The Bertz CT molecular complexity index is 2240. The third-order valence-corrected chi connectivity index (χ3v) is 12.3. The van der Waals surface area contributed by atoms with Gasteiger partial charge in [-0.15, -0.1) is 0 Å². The van der Waals surface area contributed by atoms with Gasteiger partial charge in [0.05, 0.1) is 22.0 Å². The number of nitrogens with one attached hydrogen (secondary N) is 2. The second-order valence-electron chi connectivity index (χ2n) is 14.1. The number of β-amino-alcohol motifs (C(OH)–C–C–N with tert-alkyl or cyclic N) is 2. The standard InChI is InChI=1S/C18H24N2O3S.C17H22N2O3S.2C2HF3O2/c1-14-6-5-11-20(14)13-16(21)12-19-24(22,23)18-10-4-8-15-7-2-3-9-17(15)18;20-15(13-19-10-3-4-11-19)12-18-23(21,22)17-9-5-7-14-6-1-2-8-16(14)17;2*3-2(4,5)1(6)7/h2-4,7-10,14,16,19,21H,5-6,11-13H2,1H3;1-2,5-9,15,18,20H,3-4,10-13H2;2*(H,6,7)/t14?,16-;15-;;/m00../s1. The van der Waals surface area contributed by atoms with Crippen LogP contribution < -0.4 is 9.44 Å². The zero-order chi connectivity index (χ0) is 45.6. The number of aliphatic carboxylic acids is 2. The lowest BCUT2D eigenvalue weighted by molar-refractivity contribution is -0.193. The van der Waals surface area contributed by atoms with Crippen LogP contribution >= 0.6 is 0 Å². The molecule has 0 bridgehead atoms. The molecule has 0 saturated carbocycles. The molecule has 14 nitrogen and oxygen atoms in total. The minimum Gasteiger partial charge on any atom is -0.475 e. The summed E-state index contributed by atoms with van der Waals surface area (Å²) in [5.41, 5.74) is 0. The number of nitrogens with zero attached hydrogens (tertiary/aromatic N) is 2. The topological polar surface area (TPSA) is 214 Å². The largest absolute Gasteiger partial charge is 0.490 e. The summed E-state index contributed by atoms with van der Waals surface area (Å²) < 4.78 is 119. The van der Waals surface area contributed by atoms with Gasteiger partial charge < -0.3 is 25.3 Å². The normalized spacial score (nSPS) is 17.3. The molecule has 6 rings (SSSR count). The third kappa shape index (κ3) is 16.4. The average Bonchev–Trinajstić information content (AvgIpc) is 3.87. The Morgan fingerprint density at radius 2 is 1.02 bits per heavy atom. The maximum atomic E-state index is 12.6. The van der Waals surface area contributed by atoms with E-state index < -0.39 is 56.5 Å². The Labute approximate surface area is 348 Å². The number of alkyl halides is 6. The summed E-state index contributed by atoms with van der Waals surface area (Å²) in [7, 11) is -7.30. The highest BCUT2D eigenvalue weighted by atomic mass is 32.2. The molecule has 338 valence electrons. The first-order chi connectivity index (χ1) is 28.4. The van der Waals surface area contributed by atoms with Gasteiger partial charge >= 0.3 is 24.3 Å². The van der Waals surface area contributed by atoms with Crippen molar-refractivity contribution < 1.29 is 73.2 Å². The molecule has 6 N–H and O–H groups in total. The Hall–Kier alpha value is -4.42. The summed E-state index contributed by atoms with van der Waals surface area (Å²) in [6.07, 6.45) is -7.01. The number of carboxylic acid groups (broad SMARTS) is 2. The smallest absolute Gasteiger partial charge is 0.475 e. The molecule has 4 aromatic rings. The highest BCUT2D eigenvalue weighted by Crippen LogP contribution is 2.24. The first-order valence-electron chi connectivity index (χ1n) is 18.8. The number of aliphatic hydroxyl groups excluding tert-OH is 2. The lowest BCUT2D eigenvalue weighted by Gasteiger charge is -2.24. The Kier molecular flexibility index (Phi) is 18.9. The van der Waals surface area contributed by atoms with Gasteiger partial charge in [-0.25, -0.2) is 35.9 Å². The summed E-state index contributed by atoms with van der Waals surface area (Å²) in [6, 6.07) is 25.7. The number of hydrogen-bond donors (Lipinski definition) is 6. The number of carbonyl (C=O) groups is 2. The van der Waals surface area contributed by atoms with Gasteiger partial charge in [-0.05, 0) is 75.1 Å². The van der Waals surface area contributed by atoms with Gasteiger partial charge in [0, 0.05) is 43.0 Å². The molecule has 4 aromatic carbocycles. The van der Waals surface area contributed by atoms with Crippen LogP contribution in [0.5, 0.6) is 0 Å². The second kappa shape index (κ2) is 22.6. The number of halogens is 6. The zero-order valence-corrected chi connectivity index (χ0v) is 34.4. The fourth-order valence-electron chi connectivity index (χ4n) is 6.35. The molecule has 0 spiro atoms. The van der Waals surface area contributed by atoms with E-state index >= 15 is 0 Å². The monoisotopic (exact) mass is 910 g/mol. The Morgan fingerprint density at radius 1 is 0.639 bits per heavy atom. The second-order valence-corrected chi connectivity index (χ2v) is 17.5. The number of rotatable bonds is 12. The molecule has 0 radical (unpaired) electrons. The number of likely N-dealkylation sites (tertiary alicyclic amines) is 2. The van der Waals surface area contributed by atoms with Crippen molar-refractivity contribution in [3.05, 3.63) is 84.9 Å². The molecule has 2 heterocycles. The summed E-state index contributed by atoms with van der Waals surface area (Å²) in [6.45, 7) is 6.13. The molecular weight excluding hydrogens is 863 g/mol. The van der Waals surface area contributed by atoms with Gasteiger partial charge in [0.15, 0.2) is 0 Å². The summed E-state index contributed by atoms with van der Waals surface area (Å²) in [5.74, 6) is -5.51. The van der Waals surface area contributed by atoms with Gasteiger partial charge in [0.1, 0.15) is 0 Å². The lowest BCUT2D eigenvalue weighted by atomic mass is 10.1. The van der Waals surface area contributed by atoms with Crippen LogP contribution in [-0.4, -0.2) is 135 Å². The van der Waals surface area contributed by atoms with E-state index in [-0.39, 0.29) is 22.9 Å². The van der Waals surface area contributed by atoms with Crippen LogP contribution in [0.15, 0.2) is 94.7 Å². The van der Waals surface area contributed by atoms with Crippen molar-refractivity contribution in [3.63, 3.8) is 0 Å². The van der Waals surface area contributed by atoms with Gasteiger partial charge in [-0.1, -0.05) is 72.8 Å². The number of carboxylic acids is 2. The summed E-state index contributed by atoms with van der Waals surface area (Å²) in [5, 5.41) is 37.6. The number of benzene rings is 4. The summed E-state index contributed by atoms with van der Waals surface area (Å²) >= 11 is 0. The molecule has 1 unspecified atom stereocenters. The summed E-state index contributed by atoms with van der Waals surface area (Å²) in [4.78, 5) is 22.7. The van der Waals surface area contributed by atoms with E-state index in [1.54, 1.807) is 36.4 Å². The molecule has 22 heteroatoms. The molecule has 61 heavy (non-hydrogen) atoms. The van der Waals surface area contributed by atoms with Crippen LogP contribution in [0.3, 0.4) is 0 Å². The fraction of sp³-hybridized carbons (Fsp3) is 0.436. The predicted molar refractivity (Wildman–Crippen MR) is 214 cm³/mol. The van der Waals surface area contributed by atoms with Crippen molar-refractivity contribution in [2.45, 2.75) is 73.0 Å². The molecule has 2 aliphatic heterocycles. The quantitative estimate of drug-likeness (QED) is 0.106. The number of hydrogen-bond acceptors (Lipinski definition) is 10. The van der Waals surface area contributed by atoms with E-state index in [0.29, 0.717) is 29.9 Å². The van der Waals surface area contributed by atoms with Crippen molar-refractivity contribution in [2.75, 3.05) is 45.8 Å². The first kappa shape index (κ1) is 50.9. The van der Waals surface area contributed by atoms with Gasteiger partial charge in [0.25, 0.3) is 0 Å². The zero-order valence-electron chi connectivity index (χ0n) is 32.8. The minimum atomic E-state index is -5.08. The van der Waals surface area contributed by atoms with Gasteiger partial charge in [-0.3, -0.25) is 4.90 Å². The molecule has 2 saturated heterocycles. The predicted octanol–water partition coefficient (Wildman–Crippen LogP) is 4.80. The van der Waals surface area contributed by atoms with Crippen LogP contribution in [0, 0.1) is 0 Å². The number of aliphatic hydroxyl groups is 2. The van der Waals surface area contributed by atoms with Gasteiger partial charge in [0.2, 0.25) is 20.0 Å². The van der Waals surface area contributed by atoms with Crippen LogP contribution in [0.4, 0.5) is 26.3 Å². The molecule has 2 aliphatic rings. The van der Waals surface area contributed by atoms with Crippen LogP contribution in [-0.2, 0) is 29.6 Å². The van der Waals surface area contributed by atoms with Crippen molar-refractivity contribution in [1.29, 1.82) is 0 Å². The van der Waals surface area contributed by atoms with Crippen LogP contribution in [0.2, 0.25) is 0 Å². The van der Waals surface area contributed by atoms with Crippen LogP contribution in [0.1, 0.15) is 32.6 Å². The molecule has 3 atom stereocenters. The number of fused-ring (bicyclic) bond motifs is 2. The van der Waals surface area contributed by atoms with E-state index in [9.17, 15) is 53.4 Å². The van der Waals surface area contributed by atoms with E-state index in [1.807, 2.05) is 48.5 Å². The van der Waals surface area contributed by atoms with E-state index in [1.165, 1.54) is 0 Å². The third-order valence-electron chi connectivity index (χ3n) is 9.38. The van der Waals surface area contributed by atoms with Crippen molar-refractivity contribution in [1.82, 2.24) is 19.2 Å². The highest BCUT2D eigenvalue weighted by Gasteiger charge is 2.39. The Morgan fingerprint density at radius 3 is 1.39 bits per heavy atom. The molecule has 2 fully saturated rings. The van der Waals surface area contributed by atoms with Crippen LogP contribution in [0.25, 0.3) is 21.5 Å². The first-order valence-corrected chi connectivity index (χ1v) is 21.8. The maximum absolute atomic E-state index is 12.6. The average molecular weight is 911 g/mol. The molecular formula is C39H48F6N4O10S2. The SMILES string of the molecule is CC1CCCN1C[C@@H](O)CNS(=O)(=O)c1cccc2ccccc12.O=C(O)C(F)(F)F.O=C(O)C(F)(F)F.O=S(=O)(NC[C@H](O)CN1CCCC1)c1cccc2ccccc12. The van der Waals surface area contributed by atoms with E-state index in [0.717, 1.165) is 56.1 Å². The minimum absolute atomic E-state index is 0.0226. The molecule has 0 amide bonds. The number of sulfonamides is 2. The highest BCUT2D eigenvalue weighted by molar-refractivity contribution is 7.90. The van der Waals surface area contributed by atoms with Crippen molar-refractivity contribution in [3.8, 4) is 0 Å². The van der Waals surface area contributed by atoms with E-state index in [2.05, 4.69) is 26.2 Å².